The first-order chi connectivity index (χ1) is 51.1. The van der Waals surface area contributed by atoms with Gasteiger partial charge in [-0.25, -0.2) is 4.79 Å². The van der Waals surface area contributed by atoms with Gasteiger partial charge >= 0.3 is 5.63 Å². The van der Waals surface area contributed by atoms with E-state index in [0.29, 0.717) is 35.1 Å². The number of aliphatic hydroxyl groups is 1. The van der Waals surface area contributed by atoms with Gasteiger partial charge in [-0.05, 0) is 119 Å². The van der Waals surface area contributed by atoms with Gasteiger partial charge in [0, 0.05) is 49.5 Å². The highest BCUT2D eigenvalue weighted by Crippen LogP contribution is 2.29. The first-order valence-electron chi connectivity index (χ1n) is 34.9. The number of methoxy groups -OCH3 is 1. The van der Waals surface area contributed by atoms with Crippen molar-refractivity contribution >= 4 is 105 Å². The Kier molecular flexibility index (Phi) is 36.7. The van der Waals surface area contributed by atoms with Gasteiger partial charge in [-0.15, -0.1) is 0 Å². The number of ether oxygens (including phenoxy) is 1. The van der Waals surface area contributed by atoms with E-state index in [1.54, 1.807) is 70.2 Å². The number of nitrogens with one attached hydrogen (secondary N) is 11. The molecule has 12 amide bonds. The number of amides is 12. The Bertz CT molecular complexity index is 3910. The molecule has 0 saturated heterocycles. The molecule has 0 aliphatic carbocycles. The maximum atomic E-state index is 14.5. The van der Waals surface area contributed by atoms with E-state index >= 15 is 0 Å². The number of nitrogens with zero attached hydrogens (tertiary/aromatic N) is 3. The molecule has 39 nitrogen and oxygen atoms in total. The van der Waals surface area contributed by atoms with Crippen molar-refractivity contribution in [2.75, 3.05) is 45.2 Å². The molecule has 0 bridgehead atoms. The molecule has 39 heteroatoms. The number of nitro groups is 2. The van der Waals surface area contributed by atoms with Gasteiger partial charge in [0.15, 0.2) is 5.96 Å². The lowest BCUT2D eigenvalue weighted by Gasteiger charge is -2.28. The Morgan fingerprint density at radius 1 is 0.593 bits per heavy atom. The molecular formula is C69H99N19O20. The SMILES string of the molecule is COc1ccc2c(CC(=O)NC(C)C(=O)NC(C(=O)NC(CC(C)C)C(=O)NC(CCC(N)=O)C(=O)NC(CO)C(=O)NCC(=O)NC(Cc3ccccc3)C(=O)NC(CCCN=C(N)N)C(=O)NC(CCCCNc3ccc([N+](=O)[O-])cc3[N+](=O)[O-])C(=O)NC(CCCCN)C(N)=O)C(C)C)cc(=O)oc2c1. The van der Waals surface area contributed by atoms with Crippen molar-refractivity contribution < 1.29 is 81.6 Å². The number of hydrogen-bond acceptors (Lipinski definition) is 23. The lowest BCUT2D eigenvalue weighted by molar-refractivity contribution is -0.393. The summed E-state index contributed by atoms with van der Waals surface area (Å²) >= 11 is 0. The number of carbonyl (C=O) groups excluding carboxylic acids is 12. The number of primary amides is 2. The average molecular weight is 1510 g/mol. The van der Waals surface area contributed by atoms with Crippen LogP contribution in [0.4, 0.5) is 17.1 Å². The second-order valence-electron chi connectivity index (χ2n) is 26.1. The molecule has 590 valence electrons. The molecule has 0 radical (unpaired) electrons. The summed E-state index contributed by atoms with van der Waals surface area (Å²) < 4.78 is 10.5. The Morgan fingerprint density at radius 3 is 1.75 bits per heavy atom. The predicted octanol–water partition coefficient (Wildman–Crippen LogP) is -2.19. The van der Waals surface area contributed by atoms with Gasteiger partial charge in [0.1, 0.15) is 71.4 Å². The highest BCUT2D eigenvalue weighted by molar-refractivity contribution is 5.99. The van der Waals surface area contributed by atoms with Crippen LogP contribution in [0, 0.1) is 32.1 Å². The quantitative estimate of drug-likeness (QED) is 0.00558. The number of rotatable bonds is 48. The van der Waals surface area contributed by atoms with Crippen LogP contribution in [-0.2, 0) is 70.4 Å². The zero-order valence-electron chi connectivity index (χ0n) is 60.9. The number of hydrogen-bond donors (Lipinski definition) is 17. The van der Waals surface area contributed by atoms with Gasteiger partial charge in [-0.2, -0.15) is 0 Å². The molecule has 0 aliphatic rings. The van der Waals surface area contributed by atoms with E-state index in [1.807, 2.05) is 0 Å². The van der Waals surface area contributed by atoms with E-state index in [2.05, 4.69) is 63.5 Å². The molecule has 0 saturated carbocycles. The van der Waals surface area contributed by atoms with Crippen LogP contribution in [0.15, 0.2) is 87.0 Å². The summed E-state index contributed by atoms with van der Waals surface area (Å²) in [6.45, 7) is 6.27. The van der Waals surface area contributed by atoms with Crippen LogP contribution in [0.25, 0.3) is 11.0 Å². The normalized spacial score (nSPS) is 13.5. The summed E-state index contributed by atoms with van der Waals surface area (Å²) in [5.74, 6) is -11.9. The summed E-state index contributed by atoms with van der Waals surface area (Å²) in [5, 5.41) is 61.9. The van der Waals surface area contributed by atoms with Crippen LogP contribution in [0.3, 0.4) is 0 Å². The monoisotopic (exact) mass is 1510 g/mol. The minimum Gasteiger partial charge on any atom is -0.497 e. The topological polar surface area (TPSA) is 626 Å². The number of carbonyl (C=O) groups is 12. The molecule has 108 heavy (non-hydrogen) atoms. The van der Waals surface area contributed by atoms with E-state index in [9.17, 15) is 87.7 Å². The molecule has 1 heterocycles. The van der Waals surface area contributed by atoms with E-state index in [1.165, 1.54) is 26.2 Å². The first-order valence-corrected chi connectivity index (χ1v) is 34.9. The maximum absolute atomic E-state index is 14.5. The second-order valence-corrected chi connectivity index (χ2v) is 26.1. The number of nitro benzene ring substituents is 2. The maximum Gasteiger partial charge on any atom is 0.336 e. The summed E-state index contributed by atoms with van der Waals surface area (Å²) in [7, 11) is 1.43. The number of anilines is 1. The Labute approximate surface area is 621 Å². The lowest BCUT2D eigenvalue weighted by atomic mass is 9.99. The summed E-state index contributed by atoms with van der Waals surface area (Å²) in [6, 6.07) is 3.98. The van der Waals surface area contributed by atoms with E-state index in [4.69, 9.17) is 37.8 Å². The minimum absolute atomic E-state index is 0.0340. The molecule has 4 rings (SSSR count). The first kappa shape index (κ1) is 88.5. The van der Waals surface area contributed by atoms with Crippen molar-refractivity contribution in [1.29, 1.82) is 0 Å². The van der Waals surface area contributed by atoms with Gasteiger partial charge in [0.25, 0.3) is 11.4 Å². The highest BCUT2D eigenvalue weighted by Gasteiger charge is 2.36. The number of guanidine groups is 1. The van der Waals surface area contributed by atoms with Crippen LogP contribution in [0.1, 0.15) is 116 Å². The van der Waals surface area contributed by atoms with E-state index < -0.39 is 184 Å². The van der Waals surface area contributed by atoms with Crippen molar-refractivity contribution in [3.63, 3.8) is 0 Å². The second kappa shape index (κ2) is 44.8. The van der Waals surface area contributed by atoms with Crippen LogP contribution in [-0.4, -0.2) is 186 Å². The molecule has 0 spiro atoms. The summed E-state index contributed by atoms with van der Waals surface area (Å²) in [6.07, 6.45) is -0.575. The van der Waals surface area contributed by atoms with Crippen molar-refractivity contribution in [3.8, 4) is 5.75 Å². The van der Waals surface area contributed by atoms with Crippen LogP contribution < -0.4 is 97.5 Å². The Balaban J connectivity index is 1.50. The number of nitrogens with two attached hydrogens (primary N) is 5. The van der Waals surface area contributed by atoms with Gasteiger partial charge < -0.3 is 101 Å². The number of aliphatic hydroxyl groups excluding tert-OH is 1. The lowest BCUT2D eigenvalue weighted by Crippen LogP contribution is -2.60. The molecule has 9 atom stereocenters. The number of unbranched alkanes of at least 4 members (excludes halogenated alkanes) is 2. The van der Waals surface area contributed by atoms with Gasteiger partial charge in [0.2, 0.25) is 70.9 Å². The van der Waals surface area contributed by atoms with Gasteiger partial charge in [0.05, 0.1) is 42.6 Å². The zero-order chi connectivity index (χ0) is 80.3. The average Bonchev–Trinajstić information content (AvgIpc) is 0.783. The molecule has 0 aliphatic heterocycles. The fraction of sp³-hybridized carbons (Fsp3) is 0.507. The van der Waals surface area contributed by atoms with Gasteiger partial charge in [-0.1, -0.05) is 58.0 Å². The molecule has 4 aromatic rings. The standard InChI is InChI=1S/C69H99N19O20/c1-37(2)29-50(84-68(102)59(38(3)4)86-61(95)39(5)78-56(91)31-41-32-58(93)108-54-34-43(107-6)21-22-44(41)54)66(100)83-49(24-25-55(71)90)65(99)85-52(36-89)62(96)77-35-57(92)79-51(30-40-15-8-7-9-16-40)67(101)82-48(19-14-28-76-69(73)74)64(98)81-47(63(97)80-46(60(72)94)17-10-12-26-70)18-11-13-27-75-45-23-20-42(87(103)104)33-53(45)88(105)106/h7-9,15-16,20-23,32-34,37-39,46-52,59,75,89H,10-14,17-19,24-31,35-36,70H2,1-6H3,(H2,71,90)(H2,72,94)(H,77,96)(H,78,91)(H,79,92)(H,80,97)(H,81,98)(H,82,101)(H,83,100)(H,84,102)(H,85,99)(H,86,95)(H4,73,74,76). The van der Waals surface area contributed by atoms with Crippen LogP contribution in [0.2, 0.25) is 0 Å². The fourth-order valence-corrected chi connectivity index (χ4v) is 10.9. The van der Waals surface area contributed by atoms with Crippen molar-refractivity contribution in [3.05, 3.63) is 115 Å². The minimum atomic E-state index is -1.84. The highest BCUT2D eigenvalue weighted by atomic mass is 16.6. The molecule has 0 fully saturated rings. The van der Waals surface area contributed by atoms with Crippen molar-refractivity contribution in [2.24, 2.45) is 45.5 Å². The smallest absolute Gasteiger partial charge is 0.336 e. The zero-order valence-corrected chi connectivity index (χ0v) is 60.9. The van der Waals surface area contributed by atoms with Crippen molar-refractivity contribution in [1.82, 2.24) is 53.2 Å². The predicted molar refractivity (Wildman–Crippen MR) is 393 cm³/mol. The molecule has 3 aromatic carbocycles. The molecule has 22 N–H and O–H groups in total. The van der Waals surface area contributed by atoms with Crippen molar-refractivity contribution in [2.45, 2.75) is 172 Å². The largest absolute Gasteiger partial charge is 0.497 e. The number of non-ortho nitro benzene ring substituents is 1. The number of aliphatic imine (C=N–C) groups is 1. The third kappa shape index (κ3) is 30.3. The van der Waals surface area contributed by atoms with Crippen LogP contribution in [0.5, 0.6) is 5.75 Å². The third-order valence-corrected chi connectivity index (χ3v) is 16.7. The van der Waals surface area contributed by atoms with E-state index in [0.717, 1.165) is 18.2 Å². The fourth-order valence-electron chi connectivity index (χ4n) is 10.9. The Hall–Kier alpha value is -11.9. The number of benzene rings is 3. The number of fused-ring (bicyclic) bond motifs is 1. The molecular weight excluding hydrogens is 1410 g/mol. The van der Waals surface area contributed by atoms with Gasteiger partial charge in [-0.3, -0.25) is 82.8 Å². The molecule has 1 aromatic heterocycles. The third-order valence-electron chi connectivity index (χ3n) is 16.7. The Morgan fingerprint density at radius 2 is 1.18 bits per heavy atom. The summed E-state index contributed by atoms with van der Waals surface area (Å²) in [4.78, 5) is 202. The molecule has 9 unspecified atom stereocenters. The van der Waals surface area contributed by atoms with E-state index in [-0.39, 0.29) is 101 Å². The van der Waals surface area contributed by atoms with Crippen LogP contribution >= 0.6 is 0 Å². The summed E-state index contributed by atoms with van der Waals surface area (Å²) in [5.41, 5.74) is 27.0.